The van der Waals surface area contributed by atoms with Gasteiger partial charge in [0.2, 0.25) is 0 Å². The van der Waals surface area contributed by atoms with E-state index in [4.69, 9.17) is 5.11 Å². The molecule has 2 rings (SSSR count). The van der Waals surface area contributed by atoms with E-state index in [1.54, 1.807) is 6.07 Å². The molecule has 0 aliphatic rings. The van der Waals surface area contributed by atoms with Crippen LogP contribution >= 0.6 is 15.9 Å². The Morgan fingerprint density at radius 1 is 1.24 bits per heavy atom. The van der Waals surface area contributed by atoms with E-state index in [0.29, 0.717) is 5.69 Å². The summed E-state index contributed by atoms with van der Waals surface area (Å²) in [6.07, 6.45) is 0. The first-order valence-electron chi connectivity index (χ1n) is 4.91. The van der Waals surface area contributed by atoms with Gasteiger partial charge in [0.15, 0.2) is 5.69 Å². The number of hydrogen-bond acceptors (Lipinski definition) is 3. The fourth-order valence-corrected chi connectivity index (χ4v) is 1.65. The van der Waals surface area contributed by atoms with Crippen LogP contribution in [0, 0.1) is 6.92 Å². The SMILES string of the molecule is Cc1cc(-c2ccc(C(=O)O)nn2)ccc1Br. The Morgan fingerprint density at radius 2 is 2.00 bits per heavy atom. The van der Waals surface area contributed by atoms with Crippen LogP contribution in [-0.2, 0) is 0 Å². The average molecular weight is 293 g/mol. The van der Waals surface area contributed by atoms with Gasteiger partial charge in [0.25, 0.3) is 0 Å². The van der Waals surface area contributed by atoms with E-state index < -0.39 is 5.97 Å². The maximum absolute atomic E-state index is 10.6. The maximum Gasteiger partial charge on any atom is 0.356 e. The van der Waals surface area contributed by atoms with Gasteiger partial charge in [-0.2, -0.15) is 0 Å². The second kappa shape index (κ2) is 4.63. The van der Waals surface area contributed by atoms with Crippen LogP contribution in [0.1, 0.15) is 16.1 Å². The Labute approximate surface area is 106 Å². The Bertz CT molecular complexity index is 567. The lowest BCUT2D eigenvalue weighted by Crippen LogP contribution is -2.01. The van der Waals surface area contributed by atoms with Gasteiger partial charge in [0, 0.05) is 10.0 Å². The van der Waals surface area contributed by atoms with Crippen LogP contribution in [0.25, 0.3) is 11.3 Å². The van der Waals surface area contributed by atoms with Gasteiger partial charge in [0.1, 0.15) is 0 Å². The van der Waals surface area contributed by atoms with E-state index in [1.807, 2.05) is 25.1 Å². The molecule has 4 nitrogen and oxygen atoms in total. The zero-order valence-corrected chi connectivity index (χ0v) is 10.6. The summed E-state index contributed by atoms with van der Waals surface area (Å²) in [7, 11) is 0. The zero-order valence-electron chi connectivity index (χ0n) is 9.01. The molecule has 0 radical (unpaired) electrons. The lowest BCUT2D eigenvalue weighted by molar-refractivity contribution is 0.0689. The van der Waals surface area contributed by atoms with Crippen molar-refractivity contribution in [3.05, 3.63) is 46.1 Å². The predicted molar refractivity (Wildman–Crippen MR) is 66.9 cm³/mol. The van der Waals surface area contributed by atoms with E-state index in [0.717, 1.165) is 15.6 Å². The highest BCUT2D eigenvalue weighted by atomic mass is 79.9. The van der Waals surface area contributed by atoms with Gasteiger partial charge in [-0.3, -0.25) is 0 Å². The van der Waals surface area contributed by atoms with E-state index in [-0.39, 0.29) is 5.69 Å². The van der Waals surface area contributed by atoms with Crippen LogP contribution in [0.3, 0.4) is 0 Å². The molecule has 1 aromatic carbocycles. The minimum absolute atomic E-state index is 0.0532. The summed E-state index contributed by atoms with van der Waals surface area (Å²) in [5, 5.41) is 16.3. The molecule has 0 bridgehead atoms. The normalized spacial score (nSPS) is 10.2. The summed E-state index contributed by atoms with van der Waals surface area (Å²) in [6, 6.07) is 8.90. The van der Waals surface area contributed by atoms with Crippen LogP contribution in [-0.4, -0.2) is 21.3 Å². The Balaban J connectivity index is 2.39. The van der Waals surface area contributed by atoms with Crippen LogP contribution in [0.15, 0.2) is 34.8 Å². The Morgan fingerprint density at radius 3 is 2.53 bits per heavy atom. The highest BCUT2D eigenvalue weighted by Crippen LogP contribution is 2.23. The second-order valence-corrected chi connectivity index (χ2v) is 4.43. The molecule has 0 atom stereocenters. The number of carboxylic acids is 1. The van der Waals surface area contributed by atoms with E-state index in [1.165, 1.54) is 6.07 Å². The molecule has 0 aliphatic heterocycles. The van der Waals surface area contributed by atoms with Gasteiger partial charge in [-0.25, -0.2) is 4.79 Å². The lowest BCUT2D eigenvalue weighted by Gasteiger charge is -2.03. The summed E-state index contributed by atoms with van der Waals surface area (Å²) in [4.78, 5) is 10.6. The van der Waals surface area contributed by atoms with Gasteiger partial charge in [-0.1, -0.05) is 22.0 Å². The fourth-order valence-electron chi connectivity index (χ4n) is 1.40. The average Bonchev–Trinajstić information content (AvgIpc) is 2.33. The molecule has 2 aromatic rings. The molecule has 1 aromatic heterocycles. The highest BCUT2D eigenvalue weighted by Gasteiger charge is 2.07. The molecule has 0 saturated heterocycles. The number of carboxylic acid groups (broad SMARTS) is 1. The summed E-state index contributed by atoms with van der Waals surface area (Å²) >= 11 is 3.42. The third-order valence-electron chi connectivity index (χ3n) is 2.34. The standard InChI is InChI=1S/C12H9BrN2O2/c1-7-6-8(2-3-9(7)13)10-4-5-11(12(16)17)15-14-10/h2-6H,1H3,(H,16,17). The van der Waals surface area contributed by atoms with E-state index >= 15 is 0 Å². The molecule has 0 spiro atoms. The number of aryl methyl sites for hydroxylation is 1. The first-order chi connectivity index (χ1) is 8.08. The van der Waals surface area contributed by atoms with Gasteiger partial charge in [-0.05, 0) is 36.8 Å². The van der Waals surface area contributed by atoms with Gasteiger partial charge in [-0.15, -0.1) is 10.2 Å². The number of aromatic nitrogens is 2. The molecule has 0 aliphatic carbocycles. The molecule has 0 saturated carbocycles. The first kappa shape index (κ1) is 11.7. The van der Waals surface area contributed by atoms with Crippen molar-refractivity contribution in [1.82, 2.24) is 10.2 Å². The van der Waals surface area contributed by atoms with Crippen molar-refractivity contribution in [2.24, 2.45) is 0 Å². The van der Waals surface area contributed by atoms with Crippen molar-refractivity contribution in [2.45, 2.75) is 6.92 Å². The van der Waals surface area contributed by atoms with Crippen molar-refractivity contribution in [1.29, 1.82) is 0 Å². The molecule has 0 amide bonds. The van der Waals surface area contributed by atoms with Crippen molar-refractivity contribution in [2.75, 3.05) is 0 Å². The van der Waals surface area contributed by atoms with Crippen LogP contribution in [0.4, 0.5) is 0 Å². The first-order valence-corrected chi connectivity index (χ1v) is 5.71. The monoisotopic (exact) mass is 292 g/mol. The number of nitrogens with zero attached hydrogens (tertiary/aromatic N) is 2. The number of aromatic carboxylic acids is 1. The number of rotatable bonds is 2. The molecule has 0 fully saturated rings. The minimum atomic E-state index is -1.07. The number of carbonyl (C=O) groups is 1. The maximum atomic E-state index is 10.6. The third-order valence-corrected chi connectivity index (χ3v) is 3.23. The summed E-state index contributed by atoms with van der Waals surface area (Å²) in [5.41, 5.74) is 2.61. The second-order valence-electron chi connectivity index (χ2n) is 3.57. The Kier molecular flexibility index (Phi) is 3.19. The molecule has 5 heteroatoms. The Hall–Kier alpha value is -1.75. The fraction of sp³-hybridized carbons (Fsp3) is 0.0833. The van der Waals surface area contributed by atoms with Crippen molar-refractivity contribution >= 4 is 21.9 Å². The molecule has 1 N–H and O–H groups in total. The summed E-state index contributed by atoms with van der Waals surface area (Å²) in [5.74, 6) is -1.07. The van der Waals surface area contributed by atoms with Crippen molar-refractivity contribution < 1.29 is 9.90 Å². The molecular weight excluding hydrogens is 284 g/mol. The van der Waals surface area contributed by atoms with E-state index in [2.05, 4.69) is 26.1 Å². The van der Waals surface area contributed by atoms with Gasteiger partial charge < -0.3 is 5.11 Å². The van der Waals surface area contributed by atoms with Gasteiger partial charge in [0.05, 0.1) is 5.69 Å². The quantitative estimate of drug-likeness (QED) is 0.924. The van der Waals surface area contributed by atoms with Crippen molar-refractivity contribution in [3.8, 4) is 11.3 Å². The lowest BCUT2D eigenvalue weighted by atomic mass is 10.1. The molecular formula is C12H9BrN2O2. The van der Waals surface area contributed by atoms with Crippen LogP contribution in [0.2, 0.25) is 0 Å². The topological polar surface area (TPSA) is 63.1 Å². The van der Waals surface area contributed by atoms with Crippen LogP contribution in [0.5, 0.6) is 0 Å². The minimum Gasteiger partial charge on any atom is -0.476 e. The number of halogens is 1. The molecule has 1 heterocycles. The van der Waals surface area contributed by atoms with Gasteiger partial charge >= 0.3 is 5.97 Å². The summed E-state index contributed by atoms with van der Waals surface area (Å²) < 4.78 is 1.02. The smallest absolute Gasteiger partial charge is 0.356 e. The number of benzene rings is 1. The van der Waals surface area contributed by atoms with Crippen molar-refractivity contribution in [3.63, 3.8) is 0 Å². The predicted octanol–water partition coefficient (Wildman–Crippen LogP) is 2.91. The van der Waals surface area contributed by atoms with Crippen LogP contribution < -0.4 is 0 Å². The number of hydrogen-bond donors (Lipinski definition) is 1. The highest BCUT2D eigenvalue weighted by molar-refractivity contribution is 9.10. The third kappa shape index (κ3) is 2.50. The largest absolute Gasteiger partial charge is 0.476 e. The summed E-state index contributed by atoms with van der Waals surface area (Å²) in [6.45, 7) is 1.98. The molecule has 0 unspecified atom stereocenters. The molecule has 86 valence electrons. The zero-order chi connectivity index (χ0) is 12.4. The van der Waals surface area contributed by atoms with E-state index in [9.17, 15) is 4.79 Å². The molecule has 17 heavy (non-hydrogen) atoms.